The Morgan fingerprint density at radius 1 is 1.05 bits per heavy atom. The molecule has 0 amide bonds. The summed E-state index contributed by atoms with van der Waals surface area (Å²) in [4.78, 5) is 2.16. The number of hydrogen-bond donors (Lipinski definition) is 0. The predicted octanol–water partition coefficient (Wildman–Crippen LogP) is 2.59. The van der Waals surface area contributed by atoms with Gasteiger partial charge in [-0.2, -0.15) is 0 Å². The summed E-state index contributed by atoms with van der Waals surface area (Å²) < 4.78 is 28.6. The highest BCUT2D eigenvalue weighted by Gasteiger charge is 2.15. The number of rotatable bonds is 3. The zero-order valence-corrected chi connectivity index (χ0v) is 11.1. The molecule has 1 saturated heterocycles. The Labute approximate surface area is 116 Å². The van der Waals surface area contributed by atoms with Gasteiger partial charge in [0.1, 0.15) is 11.6 Å². The standard InChI is InChI=1S/C14H16F2N4/c15-12-5-4-6-13(16)11(12)9-20-10-14(17-18-20)19-7-2-1-3-8-19/h4-6,10H,1-3,7-9H2. The van der Waals surface area contributed by atoms with Crippen molar-refractivity contribution in [3.63, 3.8) is 0 Å². The molecule has 6 heteroatoms. The average Bonchev–Trinajstić information content (AvgIpc) is 2.93. The van der Waals surface area contributed by atoms with Crippen LogP contribution in [0.3, 0.4) is 0 Å². The second-order valence-corrected chi connectivity index (χ2v) is 5.02. The third kappa shape index (κ3) is 2.64. The zero-order chi connectivity index (χ0) is 13.9. The van der Waals surface area contributed by atoms with Crippen LogP contribution >= 0.6 is 0 Å². The van der Waals surface area contributed by atoms with Gasteiger partial charge in [-0.3, -0.25) is 0 Å². The number of piperidine rings is 1. The van der Waals surface area contributed by atoms with Crippen molar-refractivity contribution in [1.29, 1.82) is 0 Å². The van der Waals surface area contributed by atoms with E-state index in [0.717, 1.165) is 31.7 Å². The highest BCUT2D eigenvalue weighted by Crippen LogP contribution is 2.18. The number of halogens is 2. The maximum Gasteiger partial charge on any atom is 0.171 e. The Kier molecular flexibility index (Phi) is 3.62. The third-order valence-electron chi connectivity index (χ3n) is 3.59. The molecule has 0 aliphatic carbocycles. The number of aromatic nitrogens is 3. The van der Waals surface area contributed by atoms with Crippen LogP contribution in [0.2, 0.25) is 0 Å². The molecule has 3 rings (SSSR count). The van der Waals surface area contributed by atoms with Crippen LogP contribution < -0.4 is 4.90 Å². The molecule has 0 N–H and O–H groups in total. The quantitative estimate of drug-likeness (QED) is 0.865. The van der Waals surface area contributed by atoms with Gasteiger partial charge in [0, 0.05) is 18.7 Å². The molecule has 0 saturated carbocycles. The van der Waals surface area contributed by atoms with E-state index in [1.54, 1.807) is 6.20 Å². The molecule has 0 unspecified atom stereocenters. The van der Waals surface area contributed by atoms with Gasteiger partial charge in [0.15, 0.2) is 5.82 Å². The van der Waals surface area contributed by atoms with E-state index in [9.17, 15) is 8.78 Å². The average molecular weight is 278 g/mol. The topological polar surface area (TPSA) is 34.0 Å². The molecule has 0 atom stereocenters. The van der Waals surface area contributed by atoms with Crippen molar-refractivity contribution in [2.24, 2.45) is 0 Å². The minimum Gasteiger partial charge on any atom is -0.354 e. The Balaban J connectivity index is 1.77. The van der Waals surface area contributed by atoms with Crippen LogP contribution in [-0.4, -0.2) is 28.1 Å². The summed E-state index contributed by atoms with van der Waals surface area (Å²) in [6, 6.07) is 3.86. The molecule has 0 bridgehead atoms. The maximum absolute atomic E-state index is 13.6. The van der Waals surface area contributed by atoms with E-state index in [-0.39, 0.29) is 12.1 Å². The van der Waals surface area contributed by atoms with E-state index in [4.69, 9.17) is 0 Å². The molecule has 2 aromatic rings. The van der Waals surface area contributed by atoms with Crippen molar-refractivity contribution >= 4 is 5.82 Å². The largest absolute Gasteiger partial charge is 0.354 e. The van der Waals surface area contributed by atoms with Crippen LogP contribution in [0.1, 0.15) is 24.8 Å². The molecule has 106 valence electrons. The third-order valence-corrected chi connectivity index (χ3v) is 3.59. The van der Waals surface area contributed by atoms with E-state index in [1.165, 1.54) is 29.3 Å². The van der Waals surface area contributed by atoms with Gasteiger partial charge in [-0.25, -0.2) is 13.5 Å². The predicted molar refractivity (Wildman–Crippen MR) is 71.5 cm³/mol. The first-order valence-corrected chi connectivity index (χ1v) is 6.82. The van der Waals surface area contributed by atoms with E-state index >= 15 is 0 Å². The lowest BCUT2D eigenvalue weighted by atomic mass is 10.1. The fourth-order valence-electron chi connectivity index (χ4n) is 2.48. The van der Waals surface area contributed by atoms with Gasteiger partial charge in [-0.15, -0.1) is 5.10 Å². The first kappa shape index (κ1) is 13.0. The van der Waals surface area contributed by atoms with Gasteiger partial charge in [-0.05, 0) is 31.4 Å². The van der Waals surface area contributed by atoms with Crippen molar-refractivity contribution in [2.45, 2.75) is 25.8 Å². The van der Waals surface area contributed by atoms with Crippen LogP contribution in [0.5, 0.6) is 0 Å². The second-order valence-electron chi connectivity index (χ2n) is 5.02. The number of nitrogens with zero attached hydrogens (tertiary/aromatic N) is 4. The van der Waals surface area contributed by atoms with Crippen molar-refractivity contribution in [1.82, 2.24) is 15.0 Å². The molecule has 0 spiro atoms. The van der Waals surface area contributed by atoms with Crippen molar-refractivity contribution in [2.75, 3.05) is 18.0 Å². The number of anilines is 1. The molecule has 4 nitrogen and oxygen atoms in total. The van der Waals surface area contributed by atoms with Gasteiger partial charge in [0.05, 0.1) is 12.7 Å². The van der Waals surface area contributed by atoms with Gasteiger partial charge in [0.2, 0.25) is 0 Å². The summed E-state index contributed by atoms with van der Waals surface area (Å²) in [5.41, 5.74) is 0.0163. The van der Waals surface area contributed by atoms with E-state index in [1.807, 2.05) is 0 Å². The van der Waals surface area contributed by atoms with Gasteiger partial charge in [0.25, 0.3) is 0 Å². The fourth-order valence-corrected chi connectivity index (χ4v) is 2.48. The first-order valence-electron chi connectivity index (χ1n) is 6.82. The van der Waals surface area contributed by atoms with Crippen LogP contribution in [0.15, 0.2) is 24.4 Å². The molecule has 1 aliphatic rings. The molecule has 0 radical (unpaired) electrons. The van der Waals surface area contributed by atoms with E-state index < -0.39 is 11.6 Å². The number of hydrogen-bond acceptors (Lipinski definition) is 3. The normalized spacial score (nSPS) is 15.6. The Hall–Kier alpha value is -1.98. The van der Waals surface area contributed by atoms with Crippen molar-refractivity contribution < 1.29 is 8.78 Å². The van der Waals surface area contributed by atoms with Crippen LogP contribution in [0, 0.1) is 11.6 Å². The lowest BCUT2D eigenvalue weighted by Gasteiger charge is -2.25. The monoisotopic (exact) mass is 278 g/mol. The molecule has 1 fully saturated rings. The molecule has 1 aromatic carbocycles. The summed E-state index contributed by atoms with van der Waals surface area (Å²) in [6.07, 6.45) is 5.28. The summed E-state index contributed by atoms with van der Waals surface area (Å²) >= 11 is 0. The minimum atomic E-state index is -0.556. The summed E-state index contributed by atoms with van der Waals surface area (Å²) in [6.45, 7) is 1.98. The summed E-state index contributed by atoms with van der Waals surface area (Å²) in [7, 11) is 0. The molecule has 2 heterocycles. The van der Waals surface area contributed by atoms with Gasteiger partial charge in [-0.1, -0.05) is 11.3 Å². The molecule has 1 aliphatic heterocycles. The molecular formula is C14H16F2N4. The van der Waals surface area contributed by atoms with Crippen LogP contribution in [0.25, 0.3) is 0 Å². The van der Waals surface area contributed by atoms with Gasteiger partial charge >= 0.3 is 0 Å². The first-order chi connectivity index (χ1) is 9.74. The van der Waals surface area contributed by atoms with E-state index in [2.05, 4.69) is 15.2 Å². The zero-order valence-electron chi connectivity index (χ0n) is 11.1. The highest BCUT2D eigenvalue weighted by molar-refractivity contribution is 5.35. The fraction of sp³-hybridized carbons (Fsp3) is 0.429. The molecular weight excluding hydrogens is 262 g/mol. The second kappa shape index (κ2) is 5.56. The SMILES string of the molecule is Fc1cccc(F)c1Cn1cc(N2CCCCC2)nn1. The number of benzene rings is 1. The summed E-state index contributed by atoms with van der Waals surface area (Å²) in [5.74, 6) is -0.332. The highest BCUT2D eigenvalue weighted by atomic mass is 19.1. The van der Waals surface area contributed by atoms with E-state index in [0.29, 0.717) is 0 Å². The minimum absolute atomic E-state index is 0.0163. The Morgan fingerprint density at radius 2 is 1.75 bits per heavy atom. The lowest BCUT2D eigenvalue weighted by Crippen LogP contribution is -2.29. The Morgan fingerprint density at radius 3 is 2.45 bits per heavy atom. The smallest absolute Gasteiger partial charge is 0.171 e. The molecule has 1 aromatic heterocycles. The van der Waals surface area contributed by atoms with Gasteiger partial charge < -0.3 is 4.90 Å². The van der Waals surface area contributed by atoms with Crippen LogP contribution in [-0.2, 0) is 6.54 Å². The van der Waals surface area contributed by atoms with Crippen molar-refractivity contribution in [3.05, 3.63) is 41.6 Å². The maximum atomic E-state index is 13.6. The van der Waals surface area contributed by atoms with Crippen LogP contribution in [0.4, 0.5) is 14.6 Å². The molecule has 20 heavy (non-hydrogen) atoms. The summed E-state index contributed by atoms with van der Waals surface area (Å²) in [5, 5.41) is 8.05. The lowest BCUT2D eigenvalue weighted by molar-refractivity contribution is 0.528. The Bertz CT molecular complexity index is 570. The van der Waals surface area contributed by atoms with Crippen molar-refractivity contribution in [3.8, 4) is 0 Å².